The van der Waals surface area contributed by atoms with Crippen LogP contribution in [0.25, 0.3) is 10.9 Å². The summed E-state index contributed by atoms with van der Waals surface area (Å²) >= 11 is 0. The minimum absolute atomic E-state index is 0.164. The lowest BCUT2D eigenvalue weighted by atomic mass is 10.1. The summed E-state index contributed by atoms with van der Waals surface area (Å²) in [5.74, 6) is 0.164. The molecule has 5 heteroatoms. The van der Waals surface area contributed by atoms with Crippen LogP contribution in [0.2, 0.25) is 0 Å². The van der Waals surface area contributed by atoms with Gasteiger partial charge in [-0.25, -0.2) is 13.1 Å². The standard InChI is InChI=1S/C20H24N2O2S/c1-22-16-18(19-11-5-6-12-20(19)22)13-14-21-25(23,24)15-7-10-17-8-3-2-4-9-17/h2-6,8-9,11-12,16,21H,7,10,13-15H2,1H3. The van der Waals surface area contributed by atoms with Gasteiger partial charge in [-0.15, -0.1) is 0 Å². The zero-order chi connectivity index (χ0) is 17.7. The topological polar surface area (TPSA) is 51.1 Å². The number of aryl methyl sites for hydroxylation is 2. The molecule has 3 aromatic rings. The Morgan fingerprint density at radius 1 is 0.960 bits per heavy atom. The van der Waals surface area contributed by atoms with Crippen molar-refractivity contribution in [2.24, 2.45) is 7.05 Å². The molecule has 0 unspecified atom stereocenters. The molecule has 1 heterocycles. The van der Waals surface area contributed by atoms with Crippen molar-refractivity contribution in [3.05, 3.63) is 71.9 Å². The summed E-state index contributed by atoms with van der Waals surface area (Å²) in [6, 6.07) is 18.2. The van der Waals surface area contributed by atoms with E-state index in [0.29, 0.717) is 19.4 Å². The molecule has 0 aliphatic carbocycles. The van der Waals surface area contributed by atoms with E-state index in [1.54, 1.807) is 0 Å². The number of sulfonamides is 1. The Labute approximate surface area is 149 Å². The highest BCUT2D eigenvalue weighted by molar-refractivity contribution is 7.89. The van der Waals surface area contributed by atoms with Crippen molar-refractivity contribution in [2.75, 3.05) is 12.3 Å². The van der Waals surface area contributed by atoms with E-state index in [-0.39, 0.29) is 5.75 Å². The molecule has 0 aliphatic heterocycles. The lowest BCUT2D eigenvalue weighted by Gasteiger charge is -2.06. The first-order valence-electron chi connectivity index (χ1n) is 8.59. The van der Waals surface area contributed by atoms with Gasteiger partial charge in [0, 0.05) is 30.7 Å². The molecule has 0 fully saturated rings. The van der Waals surface area contributed by atoms with Crippen LogP contribution in [0.1, 0.15) is 17.5 Å². The maximum atomic E-state index is 12.2. The van der Waals surface area contributed by atoms with Crippen LogP contribution in [0, 0.1) is 0 Å². The fourth-order valence-corrected chi connectivity index (χ4v) is 4.23. The molecular formula is C20H24N2O2S. The average molecular weight is 356 g/mol. The van der Waals surface area contributed by atoms with Crippen molar-refractivity contribution >= 4 is 20.9 Å². The van der Waals surface area contributed by atoms with E-state index in [1.165, 1.54) is 22.0 Å². The monoisotopic (exact) mass is 356 g/mol. The minimum atomic E-state index is -3.23. The van der Waals surface area contributed by atoms with Gasteiger partial charge in [0.15, 0.2) is 0 Å². The Balaban J connectivity index is 1.50. The van der Waals surface area contributed by atoms with Crippen molar-refractivity contribution in [1.29, 1.82) is 0 Å². The van der Waals surface area contributed by atoms with Gasteiger partial charge in [0.1, 0.15) is 0 Å². The number of nitrogens with one attached hydrogen (secondary N) is 1. The summed E-state index contributed by atoms with van der Waals surface area (Å²) in [5, 5.41) is 1.19. The number of hydrogen-bond donors (Lipinski definition) is 1. The van der Waals surface area contributed by atoms with Crippen LogP contribution in [0.15, 0.2) is 60.8 Å². The zero-order valence-corrected chi connectivity index (χ0v) is 15.3. The van der Waals surface area contributed by atoms with Gasteiger partial charge in [-0.2, -0.15) is 0 Å². The Hall–Kier alpha value is -2.11. The van der Waals surface area contributed by atoms with Crippen LogP contribution in [0.4, 0.5) is 0 Å². The van der Waals surface area contributed by atoms with E-state index in [1.807, 2.05) is 49.5 Å². The largest absolute Gasteiger partial charge is 0.350 e. The highest BCUT2D eigenvalue weighted by atomic mass is 32.2. The molecule has 0 bridgehead atoms. The normalized spacial score (nSPS) is 11.9. The smallest absolute Gasteiger partial charge is 0.211 e. The van der Waals surface area contributed by atoms with Gasteiger partial charge in [-0.05, 0) is 36.5 Å². The van der Waals surface area contributed by atoms with Crippen molar-refractivity contribution < 1.29 is 8.42 Å². The molecule has 0 amide bonds. The molecule has 0 radical (unpaired) electrons. The van der Waals surface area contributed by atoms with Crippen LogP contribution in [0.5, 0.6) is 0 Å². The number of rotatable bonds is 8. The summed E-state index contributed by atoms with van der Waals surface area (Å²) in [7, 11) is -1.21. The summed E-state index contributed by atoms with van der Waals surface area (Å²) in [6.45, 7) is 0.432. The molecule has 0 aliphatic rings. The molecule has 132 valence electrons. The lowest BCUT2D eigenvalue weighted by Crippen LogP contribution is -2.28. The number of fused-ring (bicyclic) bond motifs is 1. The first kappa shape index (κ1) is 17.7. The Bertz CT molecular complexity index is 931. The Morgan fingerprint density at radius 3 is 2.48 bits per heavy atom. The molecule has 0 atom stereocenters. The maximum Gasteiger partial charge on any atom is 0.211 e. The highest BCUT2D eigenvalue weighted by Gasteiger charge is 2.11. The molecule has 1 aromatic heterocycles. The van der Waals surface area contributed by atoms with Crippen molar-refractivity contribution in [3.63, 3.8) is 0 Å². The van der Waals surface area contributed by atoms with Gasteiger partial charge < -0.3 is 4.57 Å². The van der Waals surface area contributed by atoms with Crippen LogP contribution >= 0.6 is 0 Å². The predicted molar refractivity (Wildman–Crippen MR) is 103 cm³/mol. The van der Waals surface area contributed by atoms with E-state index in [4.69, 9.17) is 0 Å². The van der Waals surface area contributed by atoms with E-state index in [9.17, 15) is 8.42 Å². The van der Waals surface area contributed by atoms with Crippen LogP contribution in [0.3, 0.4) is 0 Å². The summed E-state index contributed by atoms with van der Waals surface area (Å²) in [5.41, 5.74) is 3.52. The first-order valence-corrected chi connectivity index (χ1v) is 10.2. The van der Waals surface area contributed by atoms with E-state index >= 15 is 0 Å². The fraction of sp³-hybridized carbons (Fsp3) is 0.300. The zero-order valence-electron chi connectivity index (χ0n) is 14.5. The number of para-hydroxylation sites is 1. The third-order valence-electron chi connectivity index (χ3n) is 4.42. The number of hydrogen-bond acceptors (Lipinski definition) is 2. The SMILES string of the molecule is Cn1cc(CCNS(=O)(=O)CCCc2ccccc2)c2ccccc21. The molecular weight excluding hydrogens is 332 g/mol. The second-order valence-corrected chi connectivity index (χ2v) is 8.26. The van der Waals surface area contributed by atoms with Crippen LogP contribution < -0.4 is 4.72 Å². The molecule has 25 heavy (non-hydrogen) atoms. The van der Waals surface area contributed by atoms with Gasteiger partial charge >= 0.3 is 0 Å². The average Bonchev–Trinajstić information content (AvgIpc) is 2.92. The quantitative estimate of drug-likeness (QED) is 0.673. The lowest BCUT2D eigenvalue weighted by molar-refractivity contribution is 0.579. The minimum Gasteiger partial charge on any atom is -0.350 e. The number of nitrogens with zero attached hydrogens (tertiary/aromatic N) is 1. The van der Waals surface area contributed by atoms with Gasteiger partial charge in [0.2, 0.25) is 10.0 Å². The highest BCUT2D eigenvalue weighted by Crippen LogP contribution is 2.20. The van der Waals surface area contributed by atoms with Crippen LogP contribution in [-0.4, -0.2) is 25.3 Å². The third-order valence-corrected chi connectivity index (χ3v) is 5.89. The molecule has 1 N–H and O–H groups in total. The number of aromatic nitrogens is 1. The van der Waals surface area contributed by atoms with E-state index in [0.717, 1.165) is 6.42 Å². The Kier molecular flexibility index (Phi) is 5.56. The van der Waals surface area contributed by atoms with Crippen LogP contribution in [-0.2, 0) is 29.9 Å². The second kappa shape index (κ2) is 7.85. The predicted octanol–water partition coefficient (Wildman–Crippen LogP) is 3.27. The van der Waals surface area contributed by atoms with Gasteiger partial charge in [0.05, 0.1) is 5.75 Å². The molecule has 0 spiro atoms. The van der Waals surface area contributed by atoms with E-state index < -0.39 is 10.0 Å². The third kappa shape index (κ3) is 4.71. The van der Waals surface area contributed by atoms with Crippen molar-refractivity contribution in [3.8, 4) is 0 Å². The first-order chi connectivity index (χ1) is 12.1. The maximum absolute atomic E-state index is 12.2. The molecule has 0 saturated carbocycles. The van der Waals surface area contributed by atoms with Gasteiger partial charge in [-0.3, -0.25) is 0 Å². The number of benzene rings is 2. The Morgan fingerprint density at radius 2 is 1.68 bits per heavy atom. The van der Waals surface area contributed by atoms with Crippen molar-refractivity contribution in [2.45, 2.75) is 19.3 Å². The van der Waals surface area contributed by atoms with Gasteiger partial charge in [0.25, 0.3) is 0 Å². The molecule has 3 rings (SSSR count). The second-order valence-electron chi connectivity index (χ2n) is 6.33. The summed E-state index contributed by atoms with van der Waals surface area (Å²) in [6.07, 6.45) is 4.19. The van der Waals surface area contributed by atoms with Crippen molar-refractivity contribution in [1.82, 2.24) is 9.29 Å². The summed E-state index contributed by atoms with van der Waals surface area (Å²) < 4.78 is 29.1. The molecule has 4 nitrogen and oxygen atoms in total. The van der Waals surface area contributed by atoms with Gasteiger partial charge in [-0.1, -0.05) is 48.5 Å². The fourth-order valence-electron chi connectivity index (χ4n) is 3.15. The molecule has 2 aromatic carbocycles. The summed E-state index contributed by atoms with van der Waals surface area (Å²) in [4.78, 5) is 0. The van der Waals surface area contributed by atoms with E-state index in [2.05, 4.69) is 27.6 Å². The molecule has 0 saturated heterocycles.